The summed E-state index contributed by atoms with van der Waals surface area (Å²) in [5.74, 6) is 1.06. The zero-order chi connectivity index (χ0) is 12.6. The second-order valence-electron chi connectivity index (χ2n) is 4.54. The Morgan fingerprint density at radius 1 is 1.61 bits per heavy atom. The van der Waals surface area contributed by atoms with Crippen molar-refractivity contribution >= 4 is 22.4 Å². The molecule has 1 fully saturated rings. The summed E-state index contributed by atoms with van der Waals surface area (Å²) in [5, 5.41) is 0.0663. The minimum atomic E-state index is -3.54. The molecule has 0 amide bonds. The average Bonchev–Trinajstić information content (AvgIpc) is 3.03. The maximum atomic E-state index is 12.1. The Hall–Kier alpha value is -0.630. The molecule has 1 unspecified atom stereocenters. The molecule has 0 aliphatic heterocycles. The van der Waals surface area contributed by atoms with Crippen molar-refractivity contribution in [3.8, 4) is 0 Å². The topological polar surface area (TPSA) is 90.0 Å². The Kier molecular flexibility index (Phi) is 4.77. The maximum Gasteiger partial charge on any atom is 0.259 e. The van der Waals surface area contributed by atoms with Crippen molar-refractivity contribution in [3.05, 3.63) is 12.0 Å². The molecule has 6 nitrogen and oxygen atoms in total. The Bertz CT molecular complexity index is 490. The van der Waals surface area contributed by atoms with Gasteiger partial charge in [-0.2, -0.15) is 0 Å². The van der Waals surface area contributed by atoms with Crippen molar-refractivity contribution in [2.24, 2.45) is 18.7 Å². The lowest BCUT2D eigenvalue weighted by Gasteiger charge is -2.14. The number of aromatic nitrogens is 2. The second-order valence-corrected chi connectivity index (χ2v) is 6.20. The molecule has 104 valence electrons. The van der Waals surface area contributed by atoms with Crippen LogP contribution in [0.15, 0.2) is 11.2 Å². The normalized spacial score (nSPS) is 17.3. The van der Waals surface area contributed by atoms with Crippen LogP contribution in [0.4, 0.5) is 0 Å². The molecule has 0 spiro atoms. The van der Waals surface area contributed by atoms with Crippen molar-refractivity contribution in [3.63, 3.8) is 0 Å². The van der Waals surface area contributed by atoms with E-state index in [1.807, 2.05) is 0 Å². The van der Waals surface area contributed by atoms with Crippen LogP contribution < -0.4 is 10.5 Å². The number of hydrogen-bond acceptors (Lipinski definition) is 4. The molecule has 18 heavy (non-hydrogen) atoms. The standard InChI is InChI=1S/C10H18N4O2S.ClH/c1-7-12-10(6-14(7)2)17(15,16)13-9(5-11)8-3-4-8;/h6,8-9,13H,3-5,11H2,1-2H3;1H. The summed E-state index contributed by atoms with van der Waals surface area (Å²) in [5.41, 5.74) is 5.58. The SMILES string of the molecule is Cc1nc(S(=O)(=O)NC(CN)C2CC2)cn1C.Cl. The summed E-state index contributed by atoms with van der Waals surface area (Å²) < 4.78 is 28.4. The first kappa shape index (κ1) is 15.4. The number of aryl methyl sites for hydroxylation is 2. The van der Waals surface area contributed by atoms with Crippen LogP contribution in [-0.2, 0) is 17.1 Å². The number of rotatable bonds is 5. The molecule has 1 aromatic heterocycles. The minimum absolute atomic E-state index is 0. The van der Waals surface area contributed by atoms with Gasteiger partial charge in [-0.3, -0.25) is 0 Å². The number of nitrogens with two attached hydrogens (primary N) is 1. The predicted octanol–water partition coefficient (Wildman–Crippen LogP) is 0.166. The molecule has 0 aromatic carbocycles. The van der Waals surface area contributed by atoms with Gasteiger partial charge in [-0.25, -0.2) is 18.1 Å². The summed E-state index contributed by atoms with van der Waals surface area (Å²) in [6.45, 7) is 2.09. The van der Waals surface area contributed by atoms with E-state index in [0.717, 1.165) is 12.8 Å². The van der Waals surface area contributed by atoms with Crippen LogP contribution in [-0.4, -0.2) is 30.6 Å². The van der Waals surface area contributed by atoms with Crippen molar-refractivity contribution in [1.82, 2.24) is 14.3 Å². The van der Waals surface area contributed by atoms with Crippen LogP contribution in [0.5, 0.6) is 0 Å². The fourth-order valence-corrected chi connectivity index (χ4v) is 3.11. The van der Waals surface area contributed by atoms with Gasteiger partial charge in [0, 0.05) is 25.8 Å². The van der Waals surface area contributed by atoms with E-state index in [-0.39, 0.29) is 23.5 Å². The second kappa shape index (κ2) is 5.56. The van der Waals surface area contributed by atoms with E-state index < -0.39 is 10.0 Å². The van der Waals surface area contributed by atoms with Gasteiger partial charge >= 0.3 is 0 Å². The molecule has 1 aliphatic carbocycles. The van der Waals surface area contributed by atoms with Gasteiger partial charge in [-0.05, 0) is 25.7 Å². The van der Waals surface area contributed by atoms with Crippen LogP contribution in [0.3, 0.4) is 0 Å². The van der Waals surface area contributed by atoms with Crippen molar-refractivity contribution in [1.29, 1.82) is 0 Å². The smallest absolute Gasteiger partial charge is 0.259 e. The molecule has 1 aliphatic rings. The molecule has 1 heterocycles. The van der Waals surface area contributed by atoms with E-state index in [1.165, 1.54) is 6.20 Å². The summed E-state index contributed by atoms with van der Waals surface area (Å²) in [6.07, 6.45) is 3.61. The largest absolute Gasteiger partial charge is 0.337 e. The molecule has 1 atom stereocenters. The highest BCUT2D eigenvalue weighted by Gasteiger charge is 2.34. The summed E-state index contributed by atoms with van der Waals surface area (Å²) in [7, 11) is -1.77. The third kappa shape index (κ3) is 3.23. The molecule has 8 heteroatoms. The first-order valence-electron chi connectivity index (χ1n) is 5.66. The maximum absolute atomic E-state index is 12.1. The monoisotopic (exact) mass is 294 g/mol. The fourth-order valence-electron chi connectivity index (χ4n) is 1.75. The number of imidazole rings is 1. The van der Waals surface area contributed by atoms with E-state index in [4.69, 9.17) is 5.73 Å². The van der Waals surface area contributed by atoms with E-state index in [9.17, 15) is 8.42 Å². The van der Waals surface area contributed by atoms with Gasteiger partial charge in [0.25, 0.3) is 10.0 Å². The lowest BCUT2D eigenvalue weighted by molar-refractivity contribution is 0.517. The quantitative estimate of drug-likeness (QED) is 0.810. The van der Waals surface area contributed by atoms with Crippen LogP contribution >= 0.6 is 12.4 Å². The Morgan fingerprint density at radius 3 is 2.61 bits per heavy atom. The summed E-state index contributed by atoms with van der Waals surface area (Å²) in [4.78, 5) is 4.02. The van der Waals surface area contributed by atoms with Crippen LogP contribution in [0.2, 0.25) is 0 Å². The number of sulfonamides is 1. The molecular weight excluding hydrogens is 276 g/mol. The molecule has 3 N–H and O–H groups in total. The van der Waals surface area contributed by atoms with E-state index in [0.29, 0.717) is 18.3 Å². The average molecular weight is 295 g/mol. The van der Waals surface area contributed by atoms with Crippen molar-refractivity contribution in [2.45, 2.75) is 30.8 Å². The van der Waals surface area contributed by atoms with Crippen molar-refractivity contribution < 1.29 is 8.42 Å². The van der Waals surface area contributed by atoms with Gasteiger partial charge in [-0.1, -0.05) is 0 Å². The number of hydrogen-bond donors (Lipinski definition) is 2. The summed E-state index contributed by atoms with van der Waals surface area (Å²) in [6, 6.07) is -0.165. The highest BCUT2D eigenvalue weighted by molar-refractivity contribution is 7.89. The predicted molar refractivity (Wildman–Crippen MR) is 71.1 cm³/mol. The molecular formula is C10H19ClN4O2S. The van der Waals surface area contributed by atoms with Gasteiger partial charge in [-0.15, -0.1) is 12.4 Å². The Labute approximate surface area is 113 Å². The third-order valence-electron chi connectivity index (χ3n) is 3.11. The summed E-state index contributed by atoms with van der Waals surface area (Å²) >= 11 is 0. The van der Waals surface area contributed by atoms with E-state index in [1.54, 1.807) is 18.5 Å². The number of nitrogens with one attached hydrogen (secondary N) is 1. The Balaban J connectivity index is 0.00000162. The zero-order valence-corrected chi connectivity index (χ0v) is 12.1. The first-order valence-corrected chi connectivity index (χ1v) is 7.14. The minimum Gasteiger partial charge on any atom is -0.337 e. The van der Waals surface area contributed by atoms with E-state index >= 15 is 0 Å². The van der Waals surface area contributed by atoms with Gasteiger partial charge < -0.3 is 10.3 Å². The number of halogens is 1. The number of nitrogens with zero attached hydrogens (tertiary/aromatic N) is 2. The molecule has 1 saturated carbocycles. The highest BCUT2D eigenvalue weighted by Crippen LogP contribution is 2.32. The van der Waals surface area contributed by atoms with Gasteiger partial charge in [0.1, 0.15) is 5.82 Å². The third-order valence-corrected chi connectivity index (χ3v) is 4.47. The van der Waals surface area contributed by atoms with Gasteiger partial charge in [0.05, 0.1) is 0 Å². The molecule has 2 rings (SSSR count). The highest BCUT2D eigenvalue weighted by atomic mass is 35.5. The van der Waals surface area contributed by atoms with Crippen LogP contribution in [0.25, 0.3) is 0 Å². The first-order chi connectivity index (χ1) is 7.94. The fraction of sp³-hybridized carbons (Fsp3) is 0.700. The van der Waals surface area contributed by atoms with Crippen LogP contribution in [0.1, 0.15) is 18.7 Å². The molecule has 0 bridgehead atoms. The molecule has 0 saturated heterocycles. The van der Waals surface area contributed by atoms with Gasteiger partial charge in [0.15, 0.2) is 5.03 Å². The lowest BCUT2D eigenvalue weighted by Crippen LogP contribution is -2.41. The Morgan fingerprint density at radius 2 is 2.22 bits per heavy atom. The molecule has 0 radical (unpaired) electrons. The molecule has 1 aromatic rings. The lowest BCUT2D eigenvalue weighted by atomic mass is 10.2. The van der Waals surface area contributed by atoms with Gasteiger partial charge in [0.2, 0.25) is 0 Å². The van der Waals surface area contributed by atoms with Crippen LogP contribution in [0, 0.1) is 12.8 Å². The van der Waals surface area contributed by atoms with E-state index in [2.05, 4.69) is 9.71 Å². The van der Waals surface area contributed by atoms with Crippen molar-refractivity contribution in [2.75, 3.05) is 6.54 Å². The zero-order valence-electron chi connectivity index (χ0n) is 10.5.